The molecule has 0 radical (unpaired) electrons. The molecule has 0 aliphatic carbocycles. The van der Waals surface area contributed by atoms with Crippen molar-refractivity contribution < 1.29 is 0 Å². The van der Waals surface area contributed by atoms with E-state index >= 15 is 0 Å². The molecule has 1 aliphatic rings. The van der Waals surface area contributed by atoms with Gasteiger partial charge in [0.1, 0.15) is 0 Å². The number of hydrogen-bond donors (Lipinski definition) is 1. The Hall–Kier alpha value is -0.970. The van der Waals surface area contributed by atoms with E-state index in [1.165, 1.54) is 25.9 Å². The summed E-state index contributed by atoms with van der Waals surface area (Å²) in [7, 11) is 0. The van der Waals surface area contributed by atoms with Gasteiger partial charge in [-0.3, -0.25) is 4.90 Å². The van der Waals surface area contributed by atoms with Crippen molar-refractivity contribution in [2.24, 2.45) is 0 Å². The number of rotatable bonds is 2. The molecule has 1 aromatic heterocycles. The molecule has 1 N–H and O–H groups in total. The highest BCUT2D eigenvalue weighted by Crippen LogP contribution is 2.08. The topological polar surface area (TPSA) is 57.7 Å². The Bertz CT molecular complexity index is 201. The lowest BCUT2D eigenvalue weighted by Crippen LogP contribution is -2.19. The van der Waals surface area contributed by atoms with E-state index in [-0.39, 0.29) is 0 Å². The van der Waals surface area contributed by atoms with Crippen molar-refractivity contribution in [3.63, 3.8) is 0 Å². The molecule has 5 nitrogen and oxygen atoms in total. The van der Waals surface area contributed by atoms with Crippen molar-refractivity contribution in [2.75, 3.05) is 13.1 Å². The molecule has 5 heteroatoms. The Morgan fingerprint density at radius 1 is 1.36 bits per heavy atom. The largest absolute Gasteiger partial charge is 0.296 e. The summed E-state index contributed by atoms with van der Waals surface area (Å²) >= 11 is 0. The highest BCUT2D eigenvalue weighted by atomic mass is 15.5. The van der Waals surface area contributed by atoms with Crippen LogP contribution in [-0.2, 0) is 6.54 Å². The van der Waals surface area contributed by atoms with Gasteiger partial charge in [0.25, 0.3) is 0 Å². The number of H-pyrrole nitrogens is 1. The summed E-state index contributed by atoms with van der Waals surface area (Å²) in [5.74, 6) is 0.798. The second-order valence-electron chi connectivity index (χ2n) is 2.81. The number of aromatic nitrogens is 4. The van der Waals surface area contributed by atoms with E-state index in [1.807, 2.05) is 0 Å². The highest BCUT2D eigenvalue weighted by Gasteiger charge is 2.13. The lowest BCUT2D eigenvalue weighted by atomic mass is 10.4. The number of tetrazole rings is 1. The summed E-state index contributed by atoms with van der Waals surface area (Å²) in [5, 5.41) is 13.7. The molecule has 0 atom stereocenters. The first-order valence-corrected chi connectivity index (χ1v) is 3.90. The van der Waals surface area contributed by atoms with Crippen molar-refractivity contribution in [3.05, 3.63) is 5.82 Å². The summed E-state index contributed by atoms with van der Waals surface area (Å²) in [4.78, 5) is 2.34. The van der Waals surface area contributed by atoms with Crippen molar-refractivity contribution in [3.8, 4) is 0 Å². The van der Waals surface area contributed by atoms with E-state index < -0.39 is 0 Å². The third kappa shape index (κ3) is 1.54. The van der Waals surface area contributed by atoms with Gasteiger partial charge in [0.2, 0.25) is 0 Å². The van der Waals surface area contributed by atoms with Crippen molar-refractivity contribution in [2.45, 2.75) is 19.4 Å². The zero-order chi connectivity index (χ0) is 7.52. The molecule has 0 spiro atoms. The second-order valence-corrected chi connectivity index (χ2v) is 2.81. The van der Waals surface area contributed by atoms with Gasteiger partial charge in [0, 0.05) is 0 Å². The predicted molar refractivity (Wildman–Crippen MR) is 38.7 cm³/mol. The first-order chi connectivity index (χ1) is 5.45. The van der Waals surface area contributed by atoms with E-state index in [2.05, 4.69) is 25.5 Å². The van der Waals surface area contributed by atoms with Gasteiger partial charge < -0.3 is 0 Å². The summed E-state index contributed by atoms with van der Waals surface area (Å²) in [6.07, 6.45) is 2.61. The Kier molecular flexibility index (Phi) is 1.81. The molecule has 0 aromatic carbocycles. The van der Waals surface area contributed by atoms with Gasteiger partial charge in [0.15, 0.2) is 5.82 Å². The first-order valence-electron chi connectivity index (χ1n) is 3.90. The molecular formula is C6H11N5. The van der Waals surface area contributed by atoms with Gasteiger partial charge in [-0.05, 0) is 25.9 Å². The number of hydrogen-bond acceptors (Lipinski definition) is 4. The van der Waals surface area contributed by atoms with Crippen molar-refractivity contribution >= 4 is 0 Å². The van der Waals surface area contributed by atoms with Gasteiger partial charge >= 0.3 is 0 Å². The highest BCUT2D eigenvalue weighted by molar-refractivity contribution is 4.78. The number of nitrogens with zero attached hydrogens (tertiary/aromatic N) is 4. The maximum atomic E-state index is 3.89. The number of nitrogens with one attached hydrogen (secondary N) is 1. The smallest absolute Gasteiger partial charge is 0.188 e. The monoisotopic (exact) mass is 153 g/mol. The minimum atomic E-state index is 0.798. The Morgan fingerprint density at radius 2 is 2.18 bits per heavy atom. The van der Waals surface area contributed by atoms with Gasteiger partial charge in [-0.2, -0.15) is 5.21 Å². The van der Waals surface area contributed by atoms with Gasteiger partial charge in [-0.25, -0.2) is 0 Å². The fourth-order valence-corrected chi connectivity index (χ4v) is 1.39. The molecule has 1 fully saturated rings. The lowest BCUT2D eigenvalue weighted by Gasteiger charge is -2.09. The first kappa shape index (κ1) is 6.72. The molecule has 11 heavy (non-hydrogen) atoms. The van der Waals surface area contributed by atoms with E-state index in [0.717, 1.165) is 12.4 Å². The van der Waals surface area contributed by atoms with Crippen LogP contribution in [0.1, 0.15) is 18.7 Å². The van der Waals surface area contributed by atoms with Gasteiger partial charge in [-0.1, -0.05) is 5.21 Å². The van der Waals surface area contributed by atoms with Crippen molar-refractivity contribution in [1.82, 2.24) is 25.5 Å². The summed E-state index contributed by atoms with van der Waals surface area (Å²) in [5.41, 5.74) is 0. The molecule has 0 saturated carbocycles. The fraction of sp³-hybridized carbons (Fsp3) is 0.833. The Balaban J connectivity index is 1.90. The van der Waals surface area contributed by atoms with Crippen LogP contribution < -0.4 is 0 Å². The maximum Gasteiger partial charge on any atom is 0.188 e. The second kappa shape index (κ2) is 2.96. The SMILES string of the molecule is C1CCN(Cc2nn[nH]n2)C1. The molecule has 0 amide bonds. The van der Waals surface area contributed by atoms with E-state index in [0.29, 0.717) is 0 Å². The molecular weight excluding hydrogens is 142 g/mol. The fourth-order valence-electron chi connectivity index (χ4n) is 1.39. The molecule has 1 aliphatic heterocycles. The molecule has 60 valence electrons. The number of likely N-dealkylation sites (tertiary alicyclic amines) is 1. The van der Waals surface area contributed by atoms with Gasteiger partial charge in [0.05, 0.1) is 6.54 Å². The van der Waals surface area contributed by atoms with E-state index in [4.69, 9.17) is 0 Å². The van der Waals surface area contributed by atoms with Crippen LogP contribution in [0.2, 0.25) is 0 Å². The van der Waals surface area contributed by atoms with E-state index in [9.17, 15) is 0 Å². The molecule has 1 saturated heterocycles. The lowest BCUT2D eigenvalue weighted by molar-refractivity contribution is 0.322. The Labute approximate surface area is 64.8 Å². The average molecular weight is 153 g/mol. The van der Waals surface area contributed by atoms with Crippen molar-refractivity contribution in [1.29, 1.82) is 0 Å². The summed E-state index contributed by atoms with van der Waals surface area (Å²) in [6, 6.07) is 0. The third-order valence-electron chi connectivity index (χ3n) is 1.95. The molecule has 2 heterocycles. The normalized spacial score (nSPS) is 19.3. The number of aromatic amines is 1. The Morgan fingerprint density at radius 3 is 2.82 bits per heavy atom. The van der Waals surface area contributed by atoms with Crippen LogP contribution in [0.4, 0.5) is 0 Å². The van der Waals surface area contributed by atoms with Crippen LogP contribution in [0.25, 0.3) is 0 Å². The van der Waals surface area contributed by atoms with Gasteiger partial charge in [-0.15, -0.1) is 10.2 Å². The predicted octanol–water partition coefficient (Wildman–Crippen LogP) is -0.205. The van der Waals surface area contributed by atoms with Crippen LogP contribution in [0.15, 0.2) is 0 Å². The molecule has 0 bridgehead atoms. The summed E-state index contributed by atoms with van der Waals surface area (Å²) in [6.45, 7) is 3.19. The van der Waals surface area contributed by atoms with Crippen LogP contribution in [0.5, 0.6) is 0 Å². The minimum absolute atomic E-state index is 0.798. The quantitative estimate of drug-likeness (QED) is 0.639. The molecule has 0 unspecified atom stereocenters. The molecule has 1 aromatic rings. The molecule has 2 rings (SSSR count). The van der Waals surface area contributed by atoms with Crippen LogP contribution in [0, 0.1) is 0 Å². The standard InChI is InChI=1S/C6H11N5/c1-2-4-11(3-1)5-6-7-9-10-8-6/h1-5H2,(H,7,8,9,10). The zero-order valence-electron chi connectivity index (χ0n) is 6.32. The van der Waals surface area contributed by atoms with Crippen LogP contribution in [-0.4, -0.2) is 38.6 Å². The zero-order valence-corrected chi connectivity index (χ0v) is 6.32. The van der Waals surface area contributed by atoms with E-state index in [1.54, 1.807) is 0 Å². The average Bonchev–Trinajstić information content (AvgIpc) is 2.60. The van der Waals surface area contributed by atoms with Crippen LogP contribution >= 0.6 is 0 Å². The summed E-state index contributed by atoms with van der Waals surface area (Å²) < 4.78 is 0. The maximum absolute atomic E-state index is 3.89. The third-order valence-corrected chi connectivity index (χ3v) is 1.95. The van der Waals surface area contributed by atoms with Crippen LogP contribution in [0.3, 0.4) is 0 Å². The minimum Gasteiger partial charge on any atom is -0.296 e.